The summed E-state index contributed by atoms with van der Waals surface area (Å²) < 4.78 is 4.31. The number of hydrogen-bond acceptors (Lipinski definition) is 4. The molecule has 1 amide bonds. The number of fused-ring (bicyclic) bond motifs is 1. The minimum atomic E-state index is -0.306. The van der Waals surface area contributed by atoms with Crippen molar-refractivity contribution in [1.82, 2.24) is 24.5 Å². The molecule has 0 saturated carbocycles. The van der Waals surface area contributed by atoms with Gasteiger partial charge in [-0.2, -0.15) is 10.2 Å². The minimum absolute atomic E-state index is 0.305. The Hall–Kier alpha value is -2.71. The van der Waals surface area contributed by atoms with E-state index in [1.54, 1.807) is 27.8 Å². The van der Waals surface area contributed by atoms with E-state index in [2.05, 4.69) is 36.4 Å². The molecule has 3 aromatic heterocycles. The molecule has 1 aromatic carbocycles. The molecule has 0 aliphatic heterocycles. The number of pyridine rings is 1. The number of nitrogens with zero attached hydrogens (tertiary/aromatic N) is 5. The number of halogens is 2. The van der Waals surface area contributed by atoms with Crippen molar-refractivity contribution in [3.8, 4) is 0 Å². The van der Waals surface area contributed by atoms with Crippen LogP contribution in [-0.4, -0.2) is 30.5 Å². The van der Waals surface area contributed by atoms with Gasteiger partial charge in [-0.1, -0.05) is 33.6 Å². The number of carbonyl (C=O) groups is 1. The van der Waals surface area contributed by atoms with Crippen LogP contribution in [0.25, 0.3) is 10.9 Å². The fraction of sp³-hybridized carbons (Fsp3) is 0.158. The number of nitrogens with one attached hydrogen (secondary N) is 1. The highest BCUT2D eigenvalue weighted by Gasteiger charge is 2.14. The second kappa shape index (κ2) is 7.37. The summed E-state index contributed by atoms with van der Waals surface area (Å²) in [4.78, 5) is 17.0. The molecule has 3 heterocycles. The predicted octanol–water partition coefficient (Wildman–Crippen LogP) is 4.42. The summed E-state index contributed by atoms with van der Waals surface area (Å²) in [5.41, 5.74) is 3.26. The SMILES string of the molecule is Cc1nn(Cn2ccc(C(=O)Nc3ccc(Br)c4cccnc34)n2)c(C)c1Cl. The van der Waals surface area contributed by atoms with Crippen molar-refractivity contribution in [1.29, 1.82) is 0 Å². The molecular weight excluding hydrogens is 444 g/mol. The van der Waals surface area contributed by atoms with Gasteiger partial charge >= 0.3 is 0 Å². The minimum Gasteiger partial charge on any atom is -0.319 e. The first-order chi connectivity index (χ1) is 13.4. The summed E-state index contributed by atoms with van der Waals surface area (Å²) in [7, 11) is 0. The second-order valence-electron chi connectivity index (χ2n) is 6.31. The summed E-state index contributed by atoms with van der Waals surface area (Å²) >= 11 is 9.69. The highest BCUT2D eigenvalue weighted by molar-refractivity contribution is 9.10. The largest absolute Gasteiger partial charge is 0.319 e. The molecule has 7 nitrogen and oxygen atoms in total. The zero-order valence-corrected chi connectivity index (χ0v) is 17.5. The quantitative estimate of drug-likeness (QED) is 0.490. The molecule has 0 spiro atoms. The van der Waals surface area contributed by atoms with E-state index in [0.717, 1.165) is 21.2 Å². The van der Waals surface area contributed by atoms with E-state index >= 15 is 0 Å². The number of aromatic nitrogens is 5. The maximum atomic E-state index is 12.7. The molecule has 4 rings (SSSR count). The third-order valence-corrected chi connectivity index (χ3v) is 5.65. The Morgan fingerprint density at radius 2 is 2.04 bits per heavy atom. The van der Waals surface area contributed by atoms with Gasteiger partial charge in [0, 0.05) is 22.3 Å². The molecule has 0 saturated heterocycles. The maximum absolute atomic E-state index is 12.7. The van der Waals surface area contributed by atoms with E-state index < -0.39 is 0 Å². The van der Waals surface area contributed by atoms with Crippen molar-refractivity contribution in [2.45, 2.75) is 20.5 Å². The highest BCUT2D eigenvalue weighted by Crippen LogP contribution is 2.28. The molecule has 28 heavy (non-hydrogen) atoms. The van der Waals surface area contributed by atoms with Gasteiger partial charge in [0.25, 0.3) is 5.91 Å². The van der Waals surface area contributed by atoms with Gasteiger partial charge in [0.2, 0.25) is 0 Å². The summed E-state index contributed by atoms with van der Waals surface area (Å²) in [6, 6.07) is 9.15. The fourth-order valence-electron chi connectivity index (χ4n) is 2.94. The van der Waals surface area contributed by atoms with Crippen LogP contribution < -0.4 is 5.32 Å². The van der Waals surface area contributed by atoms with E-state index in [-0.39, 0.29) is 5.91 Å². The normalized spacial score (nSPS) is 11.1. The number of benzene rings is 1. The average molecular weight is 460 g/mol. The summed E-state index contributed by atoms with van der Waals surface area (Å²) in [6.07, 6.45) is 3.43. The van der Waals surface area contributed by atoms with Crippen LogP contribution in [-0.2, 0) is 6.67 Å². The second-order valence-corrected chi connectivity index (χ2v) is 7.55. The zero-order valence-electron chi connectivity index (χ0n) is 15.1. The molecule has 9 heteroatoms. The monoisotopic (exact) mass is 458 g/mol. The molecule has 142 valence electrons. The standard InChI is InChI=1S/C19H16BrClN6O/c1-11-17(21)12(2)27(24-11)10-26-9-7-16(25-26)19(28)23-15-6-5-14(20)13-4-3-8-22-18(13)15/h3-9H,10H2,1-2H3,(H,23,28). The molecule has 0 radical (unpaired) electrons. The Morgan fingerprint density at radius 3 is 2.79 bits per heavy atom. The highest BCUT2D eigenvalue weighted by atomic mass is 79.9. The Labute approximate surface area is 174 Å². The zero-order chi connectivity index (χ0) is 19.8. The van der Waals surface area contributed by atoms with Crippen LogP contribution in [0.4, 0.5) is 5.69 Å². The van der Waals surface area contributed by atoms with Crippen LogP contribution in [0.5, 0.6) is 0 Å². The first kappa shape index (κ1) is 18.6. The number of hydrogen-bond donors (Lipinski definition) is 1. The number of aryl methyl sites for hydroxylation is 1. The van der Waals surface area contributed by atoms with Gasteiger partial charge in [0.05, 0.1) is 27.6 Å². The number of anilines is 1. The van der Waals surface area contributed by atoms with Crippen LogP contribution in [0.1, 0.15) is 21.9 Å². The number of carbonyl (C=O) groups excluding carboxylic acids is 1. The summed E-state index contributed by atoms with van der Waals surface area (Å²) in [5, 5.41) is 13.2. The van der Waals surface area contributed by atoms with Crippen LogP contribution in [0.2, 0.25) is 5.02 Å². The van der Waals surface area contributed by atoms with E-state index in [0.29, 0.717) is 28.6 Å². The lowest BCUT2D eigenvalue weighted by Crippen LogP contribution is -2.16. The summed E-state index contributed by atoms with van der Waals surface area (Å²) in [5.74, 6) is -0.306. The van der Waals surface area contributed by atoms with Crippen molar-refractivity contribution in [2.75, 3.05) is 5.32 Å². The van der Waals surface area contributed by atoms with Gasteiger partial charge in [-0.3, -0.25) is 14.5 Å². The Kier molecular flexibility index (Phi) is 4.91. The smallest absolute Gasteiger partial charge is 0.276 e. The van der Waals surface area contributed by atoms with Gasteiger partial charge in [-0.05, 0) is 38.1 Å². The first-order valence-corrected chi connectivity index (χ1v) is 9.68. The van der Waals surface area contributed by atoms with Crippen molar-refractivity contribution in [2.24, 2.45) is 0 Å². The lowest BCUT2D eigenvalue weighted by molar-refractivity contribution is 0.102. The third-order valence-electron chi connectivity index (χ3n) is 4.41. The van der Waals surface area contributed by atoms with Crippen LogP contribution >= 0.6 is 27.5 Å². The molecule has 0 unspecified atom stereocenters. The van der Waals surface area contributed by atoms with Gasteiger partial charge in [-0.25, -0.2) is 4.68 Å². The van der Waals surface area contributed by atoms with E-state index in [4.69, 9.17) is 11.6 Å². The molecule has 0 bridgehead atoms. The molecule has 0 aliphatic rings. The third kappa shape index (κ3) is 3.41. The lowest BCUT2D eigenvalue weighted by atomic mass is 10.2. The molecule has 4 aromatic rings. The summed E-state index contributed by atoms with van der Waals surface area (Å²) in [6.45, 7) is 4.12. The average Bonchev–Trinajstić information content (AvgIpc) is 3.25. The first-order valence-electron chi connectivity index (χ1n) is 8.51. The molecule has 1 N–H and O–H groups in total. The van der Waals surface area contributed by atoms with Gasteiger partial charge in [-0.15, -0.1) is 0 Å². The van der Waals surface area contributed by atoms with Crippen LogP contribution in [0.3, 0.4) is 0 Å². The van der Waals surface area contributed by atoms with Crippen molar-refractivity contribution in [3.63, 3.8) is 0 Å². The van der Waals surface area contributed by atoms with Crippen LogP contribution in [0, 0.1) is 13.8 Å². The molecule has 0 aliphatic carbocycles. The Bertz CT molecular complexity index is 1200. The fourth-order valence-corrected chi connectivity index (χ4v) is 3.52. The molecule has 0 atom stereocenters. The van der Waals surface area contributed by atoms with E-state index in [1.165, 1.54) is 0 Å². The van der Waals surface area contributed by atoms with E-state index in [1.807, 2.05) is 38.1 Å². The van der Waals surface area contributed by atoms with Crippen molar-refractivity contribution < 1.29 is 4.79 Å². The Morgan fingerprint density at radius 1 is 1.21 bits per heavy atom. The van der Waals surface area contributed by atoms with Gasteiger partial charge in [0.15, 0.2) is 5.69 Å². The molecular formula is C19H16BrClN6O. The van der Waals surface area contributed by atoms with Gasteiger partial charge in [0.1, 0.15) is 6.67 Å². The maximum Gasteiger partial charge on any atom is 0.276 e. The van der Waals surface area contributed by atoms with Gasteiger partial charge < -0.3 is 5.32 Å². The predicted molar refractivity (Wildman–Crippen MR) is 112 cm³/mol. The lowest BCUT2D eigenvalue weighted by Gasteiger charge is -2.08. The van der Waals surface area contributed by atoms with E-state index in [9.17, 15) is 4.79 Å². The van der Waals surface area contributed by atoms with Crippen LogP contribution in [0.15, 0.2) is 47.2 Å². The van der Waals surface area contributed by atoms with Crippen molar-refractivity contribution >= 4 is 50.0 Å². The molecule has 0 fully saturated rings. The number of rotatable bonds is 4. The topological polar surface area (TPSA) is 77.6 Å². The van der Waals surface area contributed by atoms with Crippen molar-refractivity contribution in [3.05, 3.63) is 69.3 Å². The number of amides is 1. The Balaban J connectivity index is 1.55.